The maximum Gasteiger partial charge on any atom is 0.268 e. The van der Waals surface area contributed by atoms with Crippen LogP contribution in [0.5, 0.6) is 11.5 Å². The maximum atomic E-state index is 12.9. The van der Waals surface area contributed by atoms with Crippen molar-refractivity contribution in [3.63, 3.8) is 0 Å². The number of methoxy groups -OCH3 is 1. The summed E-state index contributed by atoms with van der Waals surface area (Å²) < 4.78 is 11.2. The molecule has 1 heterocycles. The zero-order chi connectivity index (χ0) is 17.3. The Labute approximate surface area is 142 Å². The molecule has 0 bridgehead atoms. The number of hydrogen-bond acceptors (Lipinski definition) is 4. The fourth-order valence-corrected chi connectivity index (χ4v) is 2.98. The van der Waals surface area contributed by atoms with E-state index in [0.717, 1.165) is 17.0 Å². The van der Waals surface area contributed by atoms with Crippen LogP contribution >= 0.6 is 0 Å². The lowest BCUT2D eigenvalue weighted by Crippen LogP contribution is -2.50. The molecular formula is C19H22N2O3. The molecule has 2 aromatic carbocycles. The van der Waals surface area contributed by atoms with E-state index in [0.29, 0.717) is 17.9 Å². The van der Waals surface area contributed by atoms with Crippen molar-refractivity contribution >= 4 is 17.3 Å². The molecule has 3 rings (SSSR count). The predicted molar refractivity (Wildman–Crippen MR) is 94.6 cm³/mol. The van der Waals surface area contributed by atoms with Crippen molar-refractivity contribution in [1.29, 1.82) is 0 Å². The van der Waals surface area contributed by atoms with Gasteiger partial charge in [-0.3, -0.25) is 4.79 Å². The van der Waals surface area contributed by atoms with Crippen molar-refractivity contribution in [3.8, 4) is 11.5 Å². The summed E-state index contributed by atoms with van der Waals surface area (Å²) in [5.74, 6) is 1.38. The standard InChI is InChI=1S/C19H22N2O3/c1-12(2)21-16-8-7-14(20)11-17(16)24-18(19(21)22)10-13-5-4-6-15(9-13)23-3/h4-9,11-12,18H,10,20H2,1-3H3. The average molecular weight is 326 g/mol. The number of fused-ring (bicyclic) bond motifs is 1. The predicted octanol–water partition coefficient (Wildman–Crippen LogP) is 3.02. The Hall–Kier alpha value is -2.69. The van der Waals surface area contributed by atoms with E-state index >= 15 is 0 Å². The lowest BCUT2D eigenvalue weighted by atomic mass is 10.0. The summed E-state index contributed by atoms with van der Waals surface area (Å²) in [6, 6.07) is 13.1. The van der Waals surface area contributed by atoms with Crippen molar-refractivity contribution in [1.82, 2.24) is 0 Å². The van der Waals surface area contributed by atoms with Gasteiger partial charge in [-0.15, -0.1) is 0 Å². The van der Waals surface area contributed by atoms with Gasteiger partial charge in [-0.2, -0.15) is 0 Å². The number of carbonyl (C=O) groups excluding carboxylic acids is 1. The molecule has 0 saturated heterocycles. The monoisotopic (exact) mass is 326 g/mol. The Bertz CT molecular complexity index is 758. The van der Waals surface area contributed by atoms with Crippen LogP contribution < -0.4 is 20.1 Å². The molecule has 0 fully saturated rings. The number of ether oxygens (including phenoxy) is 2. The zero-order valence-corrected chi connectivity index (χ0v) is 14.2. The van der Waals surface area contributed by atoms with Crippen molar-refractivity contribution in [2.45, 2.75) is 32.4 Å². The highest BCUT2D eigenvalue weighted by atomic mass is 16.5. The summed E-state index contributed by atoms with van der Waals surface area (Å²) >= 11 is 0. The Balaban J connectivity index is 1.93. The highest BCUT2D eigenvalue weighted by Crippen LogP contribution is 2.37. The minimum Gasteiger partial charge on any atom is -0.497 e. The van der Waals surface area contributed by atoms with E-state index in [9.17, 15) is 4.79 Å². The van der Waals surface area contributed by atoms with Crippen LogP contribution in [-0.4, -0.2) is 25.2 Å². The molecule has 0 saturated carbocycles. The lowest BCUT2D eigenvalue weighted by molar-refractivity contribution is -0.126. The summed E-state index contributed by atoms with van der Waals surface area (Å²) in [5, 5.41) is 0. The molecule has 24 heavy (non-hydrogen) atoms. The number of hydrogen-bond donors (Lipinski definition) is 1. The second kappa shape index (κ2) is 6.43. The van der Waals surface area contributed by atoms with Crippen molar-refractivity contribution < 1.29 is 14.3 Å². The first kappa shape index (κ1) is 16.2. The van der Waals surface area contributed by atoms with E-state index in [2.05, 4.69) is 0 Å². The van der Waals surface area contributed by atoms with E-state index in [4.69, 9.17) is 15.2 Å². The minimum absolute atomic E-state index is 0.0370. The number of benzene rings is 2. The minimum atomic E-state index is -0.575. The van der Waals surface area contributed by atoms with Crippen LogP contribution in [0.1, 0.15) is 19.4 Å². The van der Waals surface area contributed by atoms with E-state index in [1.165, 1.54) is 0 Å². The smallest absolute Gasteiger partial charge is 0.268 e. The topological polar surface area (TPSA) is 64.8 Å². The van der Waals surface area contributed by atoms with Crippen LogP contribution in [0.2, 0.25) is 0 Å². The fourth-order valence-electron chi connectivity index (χ4n) is 2.98. The van der Waals surface area contributed by atoms with Crippen LogP contribution in [0.15, 0.2) is 42.5 Å². The summed E-state index contributed by atoms with van der Waals surface area (Å²) in [5.41, 5.74) is 8.25. The number of amides is 1. The molecule has 1 aliphatic rings. The van der Waals surface area contributed by atoms with Gasteiger partial charge in [0.15, 0.2) is 6.10 Å². The second-order valence-electron chi connectivity index (χ2n) is 6.19. The van der Waals surface area contributed by atoms with Gasteiger partial charge in [0.05, 0.1) is 12.8 Å². The van der Waals surface area contributed by atoms with Gasteiger partial charge in [-0.1, -0.05) is 12.1 Å². The number of carbonyl (C=O) groups is 1. The molecule has 0 radical (unpaired) electrons. The first-order valence-electron chi connectivity index (χ1n) is 8.01. The molecule has 2 N–H and O–H groups in total. The van der Waals surface area contributed by atoms with E-state index in [-0.39, 0.29) is 11.9 Å². The van der Waals surface area contributed by atoms with E-state index in [1.54, 1.807) is 24.1 Å². The molecule has 1 aliphatic heterocycles. The summed E-state index contributed by atoms with van der Waals surface area (Å²) in [6.07, 6.45) is -0.0955. The Morgan fingerprint density at radius 2 is 2.04 bits per heavy atom. The number of nitrogens with zero attached hydrogens (tertiary/aromatic N) is 1. The molecule has 2 aromatic rings. The molecule has 0 aliphatic carbocycles. The molecule has 0 aromatic heterocycles. The van der Waals surface area contributed by atoms with Gasteiger partial charge < -0.3 is 20.1 Å². The molecule has 5 heteroatoms. The third-order valence-electron chi connectivity index (χ3n) is 4.10. The van der Waals surface area contributed by atoms with E-state index < -0.39 is 6.10 Å². The van der Waals surface area contributed by atoms with Crippen LogP contribution in [0.25, 0.3) is 0 Å². The third-order valence-corrected chi connectivity index (χ3v) is 4.10. The van der Waals surface area contributed by atoms with Gasteiger partial charge in [-0.05, 0) is 43.7 Å². The van der Waals surface area contributed by atoms with Gasteiger partial charge in [0.1, 0.15) is 11.5 Å². The molecule has 1 atom stereocenters. The average Bonchev–Trinajstić information content (AvgIpc) is 2.55. The van der Waals surface area contributed by atoms with Crippen LogP contribution in [0.4, 0.5) is 11.4 Å². The van der Waals surface area contributed by atoms with Gasteiger partial charge in [0.25, 0.3) is 5.91 Å². The quantitative estimate of drug-likeness (QED) is 0.877. The summed E-state index contributed by atoms with van der Waals surface area (Å²) in [6.45, 7) is 3.98. The molecule has 1 amide bonds. The number of anilines is 2. The SMILES string of the molecule is COc1cccc(CC2Oc3cc(N)ccc3N(C(C)C)C2=O)c1. The van der Waals surface area contributed by atoms with E-state index in [1.807, 2.05) is 44.2 Å². The van der Waals surface area contributed by atoms with Crippen LogP contribution in [-0.2, 0) is 11.2 Å². The van der Waals surface area contributed by atoms with Crippen LogP contribution in [0.3, 0.4) is 0 Å². The highest BCUT2D eigenvalue weighted by molar-refractivity contribution is 6.00. The lowest BCUT2D eigenvalue weighted by Gasteiger charge is -2.37. The highest BCUT2D eigenvalue weighted by Gasteiger charge is 2.35. The first-order chi connectivity index (χ1) is 11.5. The third kappa shape index (κ3) is 3.02. The largest absolute Gasteiger partial charge is 0.497 e. The number of nitrogen functional groups attached to an aromatic ring is 1. The Morgan fingerprint density at radius 1 is 1.25 bits per heavy atom. The number of rotatable bonds is 4. The molecular weight excluding hydrogens is 304 g/mol. The van der Waals surface area contributed by atoms with Gasteiger partial charge in [0.2, 0.25) is 0 Å². The summed E-state index contributed by atoms with van der Waals surface area (Å²) in [4.78, 5) is 14.7. The molecule has 1 unspecified atom stereocenters. The second-order valence-corrected chi connectivity index (χ2v) is 6.19. The zero-order valence-electron chi connectivity index (χ0n) is 14.2. The molecule has 126 valence electrons. The first-order valence-corrected chi connectivity index (χ1v) is 8.01. The fraction of sp³-hybridized carbons (Fsp3) is 0.316. The van der Waals surface area contributed by atoms with Crippen molar-refractivity contribution in [3.05, 3.63) is 48.0 Å². The number of nitrogens with two attached hydrogens (primary N) is 1. The molecule has 0 spiro atoms. The normalized spacial score (nSPS) is 16.8. The van der Waals surface area contributed by atoms with Gasteiger partial charge in [-0.25, -0.2) is 0 Å². The van der Waals surface area contributed by atoms with Gasteiger partial charge >= 0.3 is 0 Å². The Kier molecular flexibility index (Phi) is 4.34. The summed E-state index contributed by atoms with van der Waals surface area (Å²) in [7, 11) is 1.63. The van der Waals surface area contributed by atoms with Gasteiger partial charge in [0, 0.05) is 24.2 Å². The molecule has 5 nitrogen and oxygen atoms in total. The Morgan fingerprint density at radius 3 is 2.75 bits per heavy atom. The van der Waals surface area contributed by atoms with Crippen LogP contribution in [0, 0.1) is 0 Å². The van der Waals surface area contributed by atoms with Crippen molar-refractivity contribution in [2.75, 3.05) is 17.7 Å². The maximum absolute atomic E-state index is 12.9. The van der Waals surface area contributed by atoms with Crippen molar-refractivity contribution in [2.24, 2.45) is 0 Å².